The molecule has 1 aromatic carbocycles. The van der Waals surface area contributed by atoms with E-state index in [9.17, 15) is 13.6 Å². The number of piperidine rings is 1. The van der Waals surface area contributed by atoms with E-state index in [2.05, 4.69) is 4.90 Å². The number of halogens is 2. The largest absolute Gasteiger partial charge is 0.481 e. The van der Waals surface area contributed by atoms with Crippen molar-refractivity contribution in [3.8, 4) is 0 Å². The maximum Gasteiger partial charge on any atom is 0.304 e. The Hall–Kier alpha value is -1.49. The molecule has 0 aliphatic carbocycles. The Labute approximate surface area is 123 Å². The average Bonchev–Trinajstić information content (AvgIpc) is 2.45. The van der Waals surface area contributed by atoms with Crippen molar-refractivity contribution in [2.75, 3.05) is 19.6 Å². The van der Waals surface area contributed by atoms with Crippen LogP contribution in [0.4, 0.5) is 8.78 Å². The number of carboxylic acid groups (broad SMARTS) is 1. The Balaban J connectivity index is 1.84. The van der Waals surface area contributed by atoms with E-state index >= 15 is 0 Å². The van der Waals surface area contributed by atoms with Crippen LogP contribution in [0.5, 0.6) is 0 Å². The van der Waals surface area contributed by atoms with Crippen LogP contribution < -0.4 is 0 Å². The van der Waals surface area contributed by atoms with Crippen molar-refractivity contribution in [2.24, 2.45) is 5.92 Å². The highest BCUT2D eigenvalue weighted by atomic mass is 19.1. The number of rotatable bonds is 6. The first kappa shape index (κ1) is 15.9. The van der Waals surface area contributed by atoms with E-state index in [1.807, 2.05) is 0 Å². The first-order chi connectivity index (χ1) is 10.1. The standard InChI is InChI=1S/C16H21F2NO2/c17-14-4-1-5-15(18)13(14)7-6-12-3-2-9-19(11-12)10-8-16(20)21/h1,4-5,12H,2-3,6-11H2,(H,20,21)/t12-/m0/s1. The average molecular weight is 297 g/mol. The highest BCUT2D eigenvalue weighted by Crippen LogP contribution is 2.23. The van der Waals surface area contributed by atoms with Gasteiger partial charge in [0.25, 0.3) is 0 Å². The fourth-order valence-electron chi connectivity index (χ4n) is 2.96. The molecule has 0 bridgehead atoms. The molecular formula is C16H21F2NO2. The lowest BCUT2D eigenvalue weighted by Gasteiger charge is -2.32. The number of carboxylic acids is 1. The molecule has 0 saturated carbocycles. The molecule has 0 radical (unpaired) electrons. The maximum atomic E-state index is 13.6. The van der Waals surface area contributed by atoms with E-state index < -0.39 is 17.6 Å². The molecule has 1 fully saturated rings. The quantitative estimate of drug-likeness (QED) is 0.877. The fraction of sp³-hybridized carbons (Fsp3) is 0.562. The molecule has 116 valence electrons. The highest BCUT2D eigenvalue weighted by Gasteiger charge is 2.21. The van der Waals surface area contributed by atoms with Gasteiger partial charge >= 0.3 is 5.97 Å². The summed E-state index contributed by atoms with van der Waals surface area (Å²) in [5.74, 6) is -1.36. The monoisotopic (exact) mass is 297 g/mol. The Morgan fingerprint density at radius 1 is 1.33 bits per heavy atom. The minimum absolute atomic E-state index is 0.147. The van der Waals surface area contributed by atoms with E-state index in [1.165, 1.54) is 18.2 Å². The molecule has 2 rings (SSSR count). The molecular weight excluding hydrogens is 276 g/mol. The lowest BCUT2D eigenvalue weighted by Crippen LogP contribution is -2.37. The number of nitrogens with zero attached hydrogens (tertiary/aromatic N) is 1. The Bertz CT molecular complexity index is 473. The van der Waals surface area contributed by atoms with Gasteiger partial charge in [-0.15, -0.1) is 0 Å². The number of aliphatic carboxylic acids is 1. The van der Waals surface area contributed by atoms with Gasteiger partial charge in [0.15, 0.2) is 0 Å². The number of hydrogen-bond donors (Lipinski definition) is 1. The third kappa shape index (κ3) is 4.77. The summed E-state index contributed by atoms with van der Waals surface area (Å²) >= 11 is 0. The molecule has 0 unspecified atom stereocenters. The molecule has 21 heavy (non-hydrogen) atoms. The molecule has 1 aliphatic heterocycles. The van der Waals surface area contributed by atoms with Crippen LogP contribution in [-0.2, 0) is 11.2 Å². The van der Waals surface area contributed by atoms with Crippen molar-refractivity contribution in [1.29, 1.82) is 0 Å². The second-order valence-corrected chi connectivity index (χ2v) is 5.69. The summed E-state index contributed by atoms with van der Waals surface area (Å²) in [5.41, 5.74) is 0.167. The molecule has 1 N–H and O–H groups in total. The molecule has 3 nitrogen and oxygen atoms in total. The molecule has 1 atom stereocenters. The summed E-state index contributed by atoms with van der Waals surface area (Å²) in [6, 6.07) is 3.96. The summed E-state index contributed by atoms with van der Waals surface area (Å²) in [6.07, 6.45) is 3.34. The molecule has 0 spiro atoms. The van der Waals surface area contributed by atoms with E-state index in [1.54, 1.807) is 0 Å². The SMILES string of the molecule is O=C(O)CCN1CCC[C@@H](CCc2c(F)cccc2F)C1. The molecule has 5 heteroatoms. The van der Waals surface area contributed by atoms with Gasteiger partial charge in [-0.1, -0.05) is 6.07 Å². The van der Waals surface area contributed by atoms with E-state index in [0.717, 1.165) is 32.4 Å². The van der Waals surface area contributed by atoms with Crippen LogP contribution in [0.25, 0.3) is 0 Å². The van der Waals surface area contributed by atoms with Gasteiger partial charge in [-0.3, -0.25) is 4.79 Å². The highest BCUT2D eigenvalue weighted by molar-refractivity contribution is 5.66. The van der Waals surface area contributed by atoms with Gasteiger partial charge in [0.2, 0.25) is 0 Å². The molecule has 0 aromatic heterocycles. The summed E-state index contributed by atoms with van der Waals surface area (Å²) in [7, 11) is 0. The number of likely N-dealkylation sites (tertiary alicyclic amines) is 1. The normalized spacial score (nSPS) is 19.6. The Morgan fingerprint density at radius 2 is 2.05 bits per heavy atom. The van der Waals surface area contributed by atoms with Crippen LogP contribution in [0.1, 0.15) is 31.2 Å². The van der Waals surface area contributed by atoms with Gasteiger partial charge in [0, 0.05) is 18.7 Å². The van der Waals surface area contributed by atoms with Crippen molar-refractivity contribution in [1.82, 2.24) is 4.90 Å². The molecule has 1 aromatic rings. The molecule has 1 saturated heterocycles. The van der Waals surface area contributed by atoms with Gasteiger partial charge in [-0.2, -0.15) is 0 Å². The smallest absolute Gasteiger partial charge is 0.304 e. The topological polar surface area (TPSA) is 40.5 Å². The van der Waals surface area contributed by atoms with Crippen LogP contribution in [0.2, 0.25) is 0 Å². The second kappa shape index (κ2) is 7.50. The number of carbonyl (C=O) groups is 1. The van der Waals surface area contributed by atoms with Crippen molar-refractivity contribution < 1.29 is 18.7 Å². The van der Waals surface area contributed by atoms with Gasteiger partial charge in [-0.25, -0.2) is 8.78 Å². The Kier molecular flexibility index (Phi) is 5.67. The molecule has 1 heterocycles. The first-order valence-electron chi connectivity index (χ1n) is 7.43. The number of benzene rings is 1. The molecule has 0 amide bonds. The van der Waals surface area contributed by atoms with Crippen molar-refractivity contribution in [3.63, 3.8) is 0 Å². The fourth-order valence-corrected chi connectivity index (χ4v) is 2.96. The van der Waals surface area contributed by atoms with Crippen molar-refractivity contribution in [2.45, 2.75) is 32.1 Å². The maximum absolute atomic E-state index is 13.6. The Morgan fingerprint density at radius 3 is 2.71 bits per heavy atom. The second-order valence-electron chi connectivity index (χ2n) is 5.69. The zero-order valence-electron chi connectivity index (χ0n) is 12.0. The predicted molar refractivity (Wildman–Crippen MR) is 76.1 cm³/mol. The third-order valence-electron chi connectivity index (χ3n) is 4.11. The minimum Gasteiger partial charge on any atom is -0.481 e. The van der Waals surface area contributed by atoms with Crippen LogP contribution in [0, 0.1) is 17.6 Å². The lowest BCUT2D eigenvalue weighted by molar-refractivity contribution is -0.137. The van der Waals surface area contributed by atoms with E-state index in [4.69, 9.17) is 5.11 Å². The lowest BCUT2D eigenvalue weighted by atomic mass is 9.91. The van der Waals surface area contributed by atoms with Crippen molar-refractivity contribution in [3.05, 3.63) is 35.4 Å². The van der Waals surface area contributed by atoms with Crippen LogP contribution in [-0.4, -0.2) is 35.6 Å². The number of hydrogen-bond acceptors (Lipinski definition) is 2. The van der Waals surface area contributed by atoms with Crippen LogP contribution >= 0.6 is 0 Å². The van der Waals surface area contributed by atoms with Gasteiger partial charge in [0.1, 0.15) is 11.6 Å². The summed E-state index contributed by atoms with van der Waals surface area (Å²) in [4.78, 5) is 12.7. The summed E-state index contributed by atoms with van der Waals surface area (Å²) in [6.45, 7) is 2.29. The van der Waals surface area contributed by atoms with Crippen LogP contribution in [0.15, 0.2) is 18.2 Å². The summed E-state index contributed by atoms with van der Waals surface area (Å²) < 4.78 is 27.2. The van der Waals surface area contributed by atoms with Crippen LogP contribution in [0.3, 0.4) is 0 Å². The first-order valence-corrected chi connectivity index (χ1v) is 7.43. The third-order valence-corrected chi connectivity index (χ3v) is 4.11. The zero-order chi connectivity index (χ0) is 15.2. The van der Waals surface area contributed by atoms with E-state index in [-0.39, 0.29) is 12.0 Å². The predicted octanol–water partition coefficient (Wildman–Crippen LogP) is 3.08. The van der Waals surface area contributed by atoms with E-state index in [0.29, 0.717) is 18.9 Å². The van der Waals surface area contributed by atoms with Crippen molar-refractivity contribution >= 4 is 5.97 Å². The van der Waals surface area contributed by atoms with Gasteiger partial charge in [-0.05, 0) is 50.3 Å². The van der Waals surface area contributed by atoms with Gasteiger partial charge < -0.3 is 10.0 Å². The zero-order valence-corrected chi connectivity index (χ0v) is 12.0. The van der Waals surface area contributed by atoms with Gasteiger partial charge in [0.05, 0.1) is 6.42 Å². The summed E-state index contributed by atoms with van der Waals surface area (Å²) in [5, 5.41) is 8.71. The minimum atomic E-state index is -0.787. The molecule has 1 aliphatic rings.